The molecular weight excluding hydrogens is 232 g/mol. The van der Waals surface area contributed by atoms with E-state index in [-0.39, 0.29) is 10.4 Å². The van der Waals surface area contributed by atoms with Gasteiger partial charge in [-0.2, -0.15) is 0 Å². The van der Waals surface area contributed by atoms with E-state index < -0.39 is 16.4 Å². The van der Waals surface area contributed by atoms with Gasteiger partial charge in [0.25, 0.3) is 5.69 Å². The van der Waals surface area contributed by atoms with Gasteiger partial charge in [0, 0.05) is 5.69 Å². The van der Waals surface area contributed by atoms with Crippen LogP contribution in [0.25, 0.3) is 10.9 Å². The number of nitro groups is 1. The quantitative estimate of drug-likeness (QED) is 0.562. The van der Waals surface area contributed by atoms with Crippen LogP contribution in [0, 0.1) is 17.0 Å². The molecule has 0 atom stereocenters. The summed E-state index contributed by atoms with van der Waals surface area (Å²) >= 11 is 5.90. The smallest absolute Gasteiger partial charge is 0.272 e. The molecule has 0 radical (unpaired) electrons. The Hall–Kier alpha value is -1.88. The number of nitro benzene ring substituents is 1. The second kappa shape index (κ2) is 3.61. The Balaban J connectivity index is 2.97. The van der Waals surface area contributed by atoms with Crippen LogP contribution < -0.4 is 5.11 Å². The van der Waals surface area contributed by atoms with Crippen molar-refractivity contribution < 1.29 is 10.0 Å². The molecule has 0 spiro atoms. The molecule has 0 saturated heterocycles. The summed E-state index contributed by atoms with van der Waals surface area (Å²) in [6, 6.07) is 4.06. The Morgan fingerprint density at radius 2 is 2.12 bits per heavy atom. The van der Waals surface area contributed by atoms with Crippen molar-refractivity contribution in [3.05, 3.63) is 39.0 Å². The van der Waals surface area contributed by atoms with Crippen molar-refractivity contribution in [3.8, 4) is 5.75 Å². The molecule has 82 valence electrons. The molecule has 2 aromatic rings. The van der Waals surface area contributed by atoms with Gasteiger partial charge in [0.2, 0.25) is 0 Å². The van der Waals surface area contributed by atoms with Crippen molar-refractivity contribution in [1.29, 1.82) is 0 Å². The Bertz CT molecular complexity index is 598. The first-order valence-corrected chi connectivity index (χ1v) is 4.80. The zero-order valence-electron chi connectivity index (χ0n) is 8.23. The van der Waals surface area contributed by atoms with Crippen LogP contribution in [0.5, 0.6) is 5.75 Å². The lowest BCUT2D eigenvalue weighted by atomic mass is 10.1. The van der Waals surface area contributed by atoms with Crippen molar-refractivity contribution in [3.63, 3.8) is 0 Å². The van der Waals surface area contributed by atoms with Gasteiger partial charge in [-0.25, -0.2) is 0 Å². The molecule has 0 N–H and O–H groups in total. The fourth-order valence-electron chi connectivity index (χ4n) is 1.55. The molecule has 0 aliphatic rings. The molecule has 0 saturated carbocycles. The van der Waals surface area contributed by atoms with Gasteiger partial charge in [-0.15, -0.1) is 0 Å². The Kier molecular flexibility index (Phi) is 2.40. The highest BCUT2D eigenvalue weighted by Crippen LogP contribution is 2.36. The van der Waals surface area contributed by atoms with Gasteiger partial charge in [-0.3, -0.25) is 15.1 Å². The van der Waals surface area contributed by atoms with Gasteiger partial charge in [0.05, 0.1) is 20.8 Å². The number of rotatable bonds is 1. The maximum Gasteiger partial charge on any atom is 0.272 e. The standard InChI is InChI=1S/C10H7ClN2O3/c1-5-4-6(11)9-7(12-5)2-3-8(14)10(9)13(15)16/h2-4,14H,1H3/p-1. The van der Waals surface area contributed by atoms with E-state index in [0.29, 0.717) is 11.2 Å². The molecule has 5 nitrogen and oxygen atoms in total. The molecule has 1 aromatic heterocycles. The molecule has 0 bridgehead atoms. The van der Waals surface area contributed by atoms with Crippen LogP contribution in [0.15, 0.2) is 18.2 Å². The van der Waals surface area contributed by atoms with Crippen LogP contribution in [0.1, 0.15) is 5.69 Å². The highest BCUT2D eigenvalue weighted by molar-refractivity contribution is 6.36. The highest BCUT2D eigenvalue weighted by Gasteiger charge is 2.17. The van der Waals surface area contributed by atoms with Gasteiger partial charge in [-0.1, -0.05) is 17.7 Å². The average Bonchev–Trinajstić information content (AvgIpc) is 2.18. The van der Waals surface area contributed by atoms with Gasteiger partial charge in [-0.05, 0) is 24.8 Å². The molecule has 0 fully saturated rings. The molecule has 0 aliphatic carbocycles. The van der Waals surface area contributed by atoms with E-state index >= 15 is 0 Å². The molecule has 1 heterocycles. The van der Waals surface area contributed by atoms with E-state index in [1.807, 2.05) is 0 Å². The molecular formula is C10H6ClN2O3-. The maximum atomic E-state index is 11.4. The zero-order valence-corrected chi connectivity index (χ0v) is 8.99. The summed E-state index contributed by atoms with van der Waals surface area (Å²) in [4.78, 5) is 14.2. The van der Waals surface area contributed by atoms with Crippen LogP contribution in [0.2, 0.25) is 5.02 Å². The summed E-state index contributed by atoms with van der Waals surface area (Å²) < 4.78 is 0. The van der Waals surface area contributed by atoms with Gasteiger partial charge >= 0.3 is 0 Å². The molecule has 0 amide bonds. The summed E-state index contributed by atoms with van der Waals surface area (Å²) in [6.45, 7) is 1.72. The molecule has 0 aliphatic heterocycles. The predicted octanol–water partition coefficient (Wildman–Crippen LogP) is 2.18. The number of benzene rings is 1. The normalized spacial score (nSPS) is 10.6. The molecule has 0 unspecified atom stereocenters. The lowest BCUT2D eigenvalue weighted by Gasteiger charge is -2.10. The lowest BCUT2D eigenvalue weighted by molar-refractivity contribution is -0.396. The van der Waals surface area contributed by atoms with Crippen LogP contribution in [0.4, 0.5) is 5.69 Å². The van der Waals surface area contributed by atoms with Crippen molar-refractivity contribution in [2.75, 3.05) is 0 Å². The minimum Gasteiger partial charge on any atom is -0.868 e. The van der Waals surface area contributed by atoms with Gasteiger partial charge in [0.15, 0.2) is 0 Å². The number of hydrogen-bond acceptors (Lipinski definition) is 4. The Morgan fingerprint density at radius 1 is 1.44 bits per heavy atom. The van der Waals surface area contributed by atoms with Crippen molar-refractivity contribution in [1.82, 2.24) is 4.98 Å². The van der Waals surface area contributed by atoms with Crippen LogP contribution >= 0.6 is 11.6 Å². The number of hydrogen-bond donors (Lipinski definition) is 0. The number of aryl methyl sites for hydroxylation is 1. The summed E-state index contributed by atoms with van der Waals surface area (Å²) in [6.07, 6.45) is 0. The van der Waals surface area contributed by atoms with Crippen LogP contribution in [-0.4, -0.2) is 9.91 Å². The SMILES string of the molecule is Cc1cc(Cl)c2c([N+](=O)[O-])c([O-])ccc2n1. The number of nitrogens with zero attached hydrogens (tertiary/aromatic N) is 2. The zero-order chi connectivity index (χ0) is 11.9. The largest absolute Gasteiger partial charge is 0.868 e. The Morgan fingerprint density at radius 3 is 2.75 bits per heavy atom. The van der Waals surface area contributed by atoms with Gasteiger partial charge in [0.1, 0.15) is 0 Å². The number of pyridine rings is 1. The summed E-state index contributed by atoms with van der Waals surface area (Å²) in [5.41, 5.74) is 0.483. The van der Waals surface area contributed by atoms with Gasteiger partial charge < -0.3 is 5.11 Å². The average molecular weight is 238 g/mol. The summed E-state index contributed by atoms with van der Waals surface area (Å²) in [7, 11) is 0. The monoisotopic (exact) mass is 237 g/mol. The highest BCUT2D eigenvalue weighted by atomic mass is 35.5. The molecule has 6 heteroatoms. The van der Waals surface area contributed by atoms with E-state index in [2.05, 4.69) is 4.98 Å². The lowest BCUT2D eigenvalue weighted by Crippen LogP contribution is -1.99. The van der Waals surface area contributed by atoms with E-state index in [9.17, 15) is 15.2 Å². The van der Waals surface area contributed by atoms with E-state index in [1.54, 1.807) is 6.92 Å². The minimum absolute atomic E-state index is 0.102. The second-order valence-electron chi connectivity index (χ2n) is 3.31. The third kappa shape index (κ3) is 1.55. The van der Waals surface area contributed by atoms with E-state index in [0.717, 1.165) is 6.07 Å². The van der Waals surface area contributed by atoms with Crippen molar-refractivity contribution >= 4 is 28.2 Å². The third-order valence-electron chi connectivity index (χ3n) is 2.17. The summed E-state index contributed by atoms with van der Waals surface area (Å²) in [5, 5.41) is 22.5. The molecule has 1 aromatic carbocycles. The second-order valence-corrected chi connectivity index (χ2v) is 3.72. The maximum absolute atomic E-state index is 11.4. The first kappa shape index (κ1) is 10.6. The van der Waals surface area contributed by atoms with E-state index in [1.165, 1.54) is 12.1 Å². The number of aromatic nitrogens is 1. The Labute approximate surface area is 95.4 Å². The number of fused-ring (bicyclic) bond motifs is 1. The summed E-state index contributed by atoms with van der Waals surface area (Å²) in [5.74, 6) is -0.662. The number of halogens is 1. The predicted molar refractivity (Wildman–Crippen MR) is 57.6 cm³/mol. The molecule has 2 rings (SSSR count). The fourth-order valence-corrected chi connectivity index (χ4v) is 1.89. The fraction of sp³-hybridized carbons (Fsp3) is 0.100. The van der Waals surface area contributed by atoms with E-state index in [4.69, 9.17) is 11.6 Å². The first-order valence-electron chi connectivity index (χ1n) is 4.42. The van der Waals surface area contributed by atoms with Crippen LogP contribution in [-0.2, 0) is 0 Å². The topological polar surface area (TPSA) is 79.1 Å². The minimum atomic E-state index is -0.729. The van der Waals surface area contributed by atoms with Crippen molar-refractivity contribution in [2.24, 2.45) is 0 Å². The first-order chi connectivity index (χ1) is 7.50. The molecule has 16 heavy (non-hydrogen) atoms. The van der Waals surface area contributed by atoms with Crippen molar-refractivity contribution in [2.45, 2.75) is 6.92 Å². The third-order valence-corrected chi connectivity index (χ3v) is 2.47. The van der Waals surface area contributed by atoms with Crippen LogP contribution in [0.3, 0.4) is 0 Å².